The summed E-state index contributed by atoms with van der Waals surface area (Å²) in [5.74, 6) is -0.245. The first-order valence-corrected chi connectivity index (χ1v) is 6.05. The number of benzene rings is 1. The number of aromatic nitrogens is 2. The van der Waals surface area contributed by atoms with E-state index in [-0.39, 0.29) is 5.82 Å². The molecule has 17 heavy (non-hydrogen) atoms. The SMILES string of the molecule is CCN(Cc1nnsc1N)c1cccc(F)c1. The third-order valence-corrected chi connectivity index (χ3v) is 3.08. The van der Waals surface area contributed by atoms with E-state index in [1.807, 2.05) is 17.9 Å². The van der Waals surface area contributed by atoms with Gasteiger partial charge in [-0.15, -0.1) is 5.10 Å². The second kappa shape index (κ2) is 5.09. The number of rotatable bonds is 4. The van der Waals surface area contributed by atoms with Crippen LogP contribution in [0.1, 0.15) is 12.6 Å². The molecule has 2 N–H and O–H groups in total. The standard InChI is InChI=1S/C11H13FN4S/c1-2-16(7-10-11(13)17-15-14-10)9-5-3-4-8(12)6-9/h3-6H,2,7,13H2,1H3. The van der Waals surface area contributed by atoms with Crippen molar-refractivity contribution in [2.45, 2.75) is 13.5 Å². The first-order chi connectivity index (χ1) is 8.20. The van der Waals surface area contributed by atoms with Gasteiger partial charge in [-0.25, -0.2) is 4.39 Å². The summed E-state index contributed by atoms with van der Waals surface area (Å²) in [7, 11) is 0. The Bertz CT molecular complexity index is 500. The third kappa shape index (κ3) is 2.71. The Hall–Kier alpha value is -1.69. The number of hydrogen-bond donors (Lipinski definition) is 1. The highest BCUT2D eigenvalue weighted by Crippen LogP contribution is 2.20. The molecule has 0 amide bonds. The monoisotopic (exact) mass is 252 g/mol. The Morgan fingerprint density at radius 2 is 2.29 bits per heavy atom. The van der Waals surface area contributed by atoms with Crippen LogP contribution in [0.25, 0.3) is 0 Å². The Morgan fingerprint density at radius 3 is 2.88 bits per heavy atom. The normalized spacial score (nSPS) is 10.5. The Kier molecular flexibility index (Phi) is 3.53. The van der Waals surface area contributed by atoms with Gasteiger partial charge in [0.15, 0.2) is 0 Å². The molecule has 0 aliphatic heterocycles. The van der Waals surface area contributed by atoms with E-state index in [0.29, 0.717) is 11.5 Å². The topological polar surface area (TPSA) is 55.0 Å². The zero-order chi connectivity index (χ0) is 12.3. The molecule has 0 radical (unpaired) electrons. The summed E-state index contributed by atoms with van der Waals surface area (Å²) in [5.41, 5.74) is 7.30. The predicted octanol–water partition coefficient (Wildman–Crippen LogP) is 2.29. The van der Waals surface area contributed by atoms with Gasteiger partial charge in [0.2, 0.25) is 0 Å². The van der Waals surface area contributed by atoms with Gasteiger partial charge in [0.25, 0.3) is 0 Å². The van der Waals surface area contributed by atoms with Gasteiger partial charge in [0.1, 0.15) is 16.5 Å². The fraction of sp³-hybridized carbons (Fsp3) is 0.273. The quantitative estimate of drug-likeness (QED) is 0.907. The van der Waals surface area contributed by atoms with Gasteiger partial charge in [0.05, 0.1) is 6.54 Å². The Balaban J connectivity index is 2.20. The number of nitrogen functional groups attached to an aromatic ring is 1. The van der Waals surface area contributed by atoms with Crippen LogP contribution in [0, 0.1) is 5.82 Å². The van der Waals surface area contributed by atoms with E-state index in [2.05, 4.69) is 9.59 Å². The van der Waals surface area contributed by atoms with E-state index in [9.17, 15) is 4.39 Å². The lowest BCUT2D eigenvalue weighted by molar-refractivity contribution is 0.626. The molecule has 0 atom stereocenters. The molecular weight excluding hydrogens is 239 g/mol. The van der Waals surface area contributed by atoms with Crippen molar-refractivity contribution < 1.29 is 4.39 Å². The minimum Gasteiger partial charge on any atom is -0.388 e. The zero-order valence-electron chi connectivity index (χ0n) is 9.43. The molecule has 1 heterocycles. The van der Waals surface area contributed by atoms with E-state index in [4.69, 9.17) is 5.73 Å². The van der Waals surface area contributed by atoms with E-state index in [1.54, 1.807) is 6.07 Å². The van der Waals surface area contributed by atoms with E-state index in [0.717, 1.165) is 17.9 Å². The molecule has 1 aromatic heterocycles. The Morgan fingerprint density at radius 1 is 1.47 bits per heavy atom. The maximum Gasteiger partial charge on any atom is 0.132 e. The minimum atomic E-state index is -0.245. The lowest BCUT2D eigenvalue weighted by atomic mass is 10.2. The van der Waals surface area contributed by atoms with Crippen LogP contribution in [0.15, 0.2) is 24.3 Å². The van der Waals surface area contributed by atoms with Crippen LogP contribution in [0.2, 0.25) is 0 Å². The first-order valence-electron chi connectivity index (χ1n) is 5.28. The summed E-state index contributed by atoms with van der Waals surface area (Å²) in [6.07, 6.45) is 0. The lowest BCUT2D eigenvalue weighted by Crippen LogP contribution is -2.22. The van der Waals surface area contributed by atoms with E-state index >= 15 is 0 Å². The van der Waals surface area contributed by atoms with Crippen molar-refractivity contribution in [3.63, 3.8) is 0 Å². The lowest BCUT2D eigenvalue weighted by Gasteiger charge is -2.22. The van der Waals surface area contributed by atoms with Crippen molar-refractivity contribution in [1.29, 1.82) is 0 Å². The van der Waals surface area contributed by atoms with Gasteiger partial charge in [-0.2, -0.15) is 0 Å². The summed E-state index contributed by atoms with van der Waals surface area (Å²) < 4.78 is 16.9. The van der Waals surface area contributed by atoms with Gasteiger partial charge in [0, 0.05) is 23.8 Å². The third-order valence-electron chi connectivity index (χ3n) is 2.48. The molecule has 0 saturated heterocycles. The maximum atomic E-state index is 13.1. The number of hydrogen-bond acceptors (Lipinski definition) is 5. The molecule has 2 aromatic rings. The highest BCUT2D eigenvalue weighted by Gasteiger charge is 2.11. The van der Waals surface area contributed by atoms with Crippen molar-refractivity contribution in [3.8, 4) is 0 Å². The van der Waals surface area contributed by atoms with Crippen LogP contribution in [-0.2, 0) is 6.54 Å². The predicted molar refractivity (Wildman–Crippen MR) is 67.4 cm³/mol. The number of halogens is 1. The summed E-state index contributed by atoms with van der Waals surface area (Å²) >= 11 is 1.17. The Labute approximate surface area is 103 Å². The van der Waals surface area contributed by atoms with Crippen LogP contribution in [0.3, 0.4) is 0 Å². The van der Waals surface area contributed by atoms with E-state index < -0.39 is 0 Å². The van der Waals surface area contributed by atoms with Gasteiger partial charge < -0.3 is 10.6 Å². The molecule has 0 spiro atoms. The van der Waals surface area contributed by atoms with Crippen LogP contribution in [0.5, 0.6) is 0 Å². The van der Waals surface area contributed by atoms with Gasteiger partial charge in [-0.1, -0.05) is 10.6 Å². The molecule has 2 rings (SSSR count). The molecule has 0 unspecified atom stereocenters. The minimum absolute atomic E-state index is 0.245. The fourth-order valence-corrected chi connectivity index (χ4v) is 2.00. The maximum absolute atomic E-state index is 13.1. The average Bonchev–Trinajstić information content (AvgIpc) is 2.71. The molecule has 4 nitrogen and oxygen atoms in total. The highest BCUT2D eigenvalue weighted by atomic mass is 32.1. The van der Waals surface area contributed by atoms with Crippen LogP contribution in [0.4, 0.5) is 15.1 Å². The second-order valence-corrected chi connectivity index (χ2v) is 4.36. The summed E-state index contributed by atoms with van der Waals surface area (Å²) in [6, 6.07) is 6.48. The number of anilines is 2. The number of nitrogens with zero attached hydrogens (tertiary/aromatic N) is 3. The number of nitrogens with two attached hydrogens (primary N) is 1. The molecular formula is C11H13FN4S. The average molecular weight is 252 g/mol. The molecule has 0 aliphatic carbocycles. The molecule has 0 fully saturated rings. The smallest absolute Gasteiger partial charge is 0.132 e. The van der Waals surface area contributed by atoms with Gasteiger partial charge in [-0.05, 0) is 25.1 Å². The molecule has 6 heteroatoms. The van der Waals surface area contributed by atoms with Gasteiger partial charge >= 0.3 is 0 Å². The van der Waals surface area contributed by atoms with Crippen molar-refractivity contribution >= 4 is 22.2 Å². The molecule has 0 bridgehead atoms. The van der Waals surface area contributed by atoms with E-state index in [1.165, 1.54) is 23.7 Å². The second-order valence-electron chi connectivity index (χ2n) is 3.58. The fourth-order valence-electron chi connectivity index (χ4n) is 1.56. The van der Waals surface area contributed by atoms with Crippen molar-refractivity contribution in [2.75, 3.05) is 17.2 Å². The van der Waals surface area contributed by atoms with Crippen LogP contribution >= 0.6 is 11.5 Å². The van der Waals surface area contributed by atoms with Crippen molar-refractivity contribution in [3.05, 3.63) is 35.8 Å². The molecule has 1 aromatic carbocycles. The largest absolute Gasteiger partial charge is 0.388 e. The highest BCUT2D eigenvalue weighted by molar-refractivity contribution is 7.09. The van der Waals surface area contributed by atoms with Crippen molar-refractivity contribution in [1.82, 2.24) is 9.59 Å². The van der Waals surface area contributed by atoms with Crippen LogP contribution < -0.4 is 10.6 Å². The first kappa shape index (κ1) is 11.8. The van der Waals surface area contributed by atoms with Gasteiger partial charge in [-0.3, -0.25) is 0 Å². The molecule has 0 aliphatic rings. The molecule has 90 valence electrons. The van der Waals surface area contributed by atoms with Crippen molar-refractivity contribution in [2.24, 2.45) is 0 Å². The summed E-state index contributed by atoms with van der Waals surface area (Å²) in [5, 5.41) is 4.57. The summed E-state index contributed by atoms with van der Waals surface area (Å²) in [6.45, 7) is 3.30. The molecule has 0 saturated carbocycles. The summed E-state index contributed by atoms with van der Waals surface area (Å²) in [4.78, 5) is 2.00. The van der Waals surface area contributed by atoms with Crippen LogP contribution in [-0.4, -0.2) is 16.1 Å². The zero-order valence-corrected chi connectivity index (χ0v) is 10.2.